The van der Waals surface area contributed by atoms with Crippen LogP contribution in [0.3, 0.4) is 0 Å². The van der Waals surface area contributed by atoms with Crippen LogP contribution in [0.2, 0.25) is 0 Å². The minimum atomic E-state index is 0.833. The predicted molar refractivity (Wildman–Crippen MR) is 97.0 cm³/mol. The Labute approximate surface area is 141 Å². The van der Waals surface area contributed by atoms with E-state index in [2.05, 4.69) is 27.7 Å². The number of aliphatic imine (C=N–C) groups is 1. The van der Waals surface area contributed by atoms with Gasteiger partial charge in [0.05, 0.1) is 5.69 Å². The Kier molecular flexibility index (Phi) is 10.2. The van der Waals surface area contributed by atoms with Crippen molar-refractivity contribution in [1.82, 2.24) is 15.8 Å². The van der Waals surface area contributed by atoms with Crippen molar-refractivity contribution in [3.05, 3.63) is 17.0 Å². The van der Waals surface area contributed by atoms with E-state index < -0.39 is 0 Å². The third-order valence-electron chi connectivity index (χ3n) is 4.15. The molecule has 0 saturated heterocycles. The Balaban J connectivity index is 2.08. The summed E-state index contributed by atoms with van der Waals surface area (Å²) in [7, 11) is 1.82. The zero-order chi connectivity index (χ0) is 16.9. The molecule has 0 amide bonds. The van der Waals surface area contributed by atoms with Crippen LogP contribution < -0.4 is 10.6 Å². The minimum Gasteiger partial charge on any atom is -0.361 e. The second-order valence-corrected chi connectivity index (χ2v) is 6.10. The van der Waals surface area contributed by atoms with Crippen molar-refractivity contribution in [2.24, 2.45) is 4.99 Å². The Morgan fingerprint density at radius 2 is 1.65 bits per heavy atom. The van der Waals surface area contributed by atoms with Crippen molar-refractivity contribution < 1.29 is 4.52 Å². The van der Waals surface area contributed by atoms with E-state index in [1.807, 2.05) is 20.9 Å². The molecule has 5 nitrogen and oxygen atoms in total. The van der Waals surface area contributed by atoms with Gasteiger partial charge in [0.1, 0.15) is 5.76 Å². The van der Waals surface area contributed by atoms with E-state index >= 15 is 0 Å². The summed E-state index contributed by atoms with van der Waals surface area (Å²) < 4.78 is 5.18. The molecule has 1 rings (SSSR count). The van der Waals surface area contributed by atoms with E-state index in [-0.39, 0.29) is 0 Å². The molecule has 1 aromatic rings. The summed E-state index contributed by atoms with van der Waals surface area (Å²) in [6.07, 6.45) is 10.2. The van der Waals surface area contributed by atoms with E-state index in [9.17, 15) is 0 Å². The van der Waals surface area contributed by atoms with Gasteiger partial charge in [-0.3, -0.25) is 4.99 Å². The third-order valence-corrected chi connectivity index (χ3v) is 4.15. The lowest BCUT2D eigenvalue weighted by molar-refractivity contribution is 0.392. The summed E-state index contributed by atoms with van der Waals surface area (Å²) in [5, 5.41) is 10.7. The molecule has 23 heavy (non-hydrogen) atoms. The topological polar surface area (TPSA) is 62.5 Å². The quantitative estimate of drug-likeness (QED) is 0.370. The Hall–Kier alpha value is -1.52. The van der Waals surface area contributed by atoms with Crippen molar-refractivity contribution >= 4 is 5.96 Å². The molecule has 0 fully saturated rings. The van der Waals surface area contributed by atoms with Crippen LogP contribution in [0.25, 0.3) is 0 Å². The molecule has 0 bridgehead atoms. The van der Waals surface area contributed by atoms with Gasteiger partial charge < -0.3 is 15.2 Å². The molecule has 0 radical (unpaired) electrons. The highest BCUT2D eigenvalue weighted by atomic mass is 16.5. The number of hydrogen-bond donors (Lipinski definition) is 2. The van der Waals surface area contributed by atoms with Gasteiger partial charge in [0.25, 0.3) is 0 Å². The molecular formula is C18H34N4O. The van der Waals surface area contributed by atoms with E-state index in [0.29, 0.717) is 0 Å². The first-order chi connectivity index (χ1) is 11.2. The summed E-state index contributed by atoms with van der Waals surface area (Å²) in [6.45, 7) is 8.02. The third kappa shape index (κ3) is 8.05. The zero-order valence-electron chi connectivity index (χ0n) is 15.4. The minimum absolute atomic E-state index is 0.833. The fourth-order valence-corrected chi connectivity index (χ4v) is 2.67. The average Bonchev–Trinajstić information content (AvgIpc) is 2.87. The molecule has 0 saturated carbocycles. The van der Waals surface area contributed by atoms with Crippen LogP contribution in [-0.2, 0) is 6.42 Å². The van der Waals surface area contributed by atoms with E-state index in [1.54, 1.807) is 0 Å². The zero-order valence-corrected chi connectivity index (χ0v) is 15.4. The van der Waals surface area contributed by atoms with Crippen molar-refractivity contribution in [2.75, 3.05) is 20.1 Å². The van der Waals surface area contributed by atoms with Crippen molar-refractivity contribution in [3.8, 4) is 0 Å². The van der Waals surface area contributed by atoms with Gasteiger partial charge in [-0.2, -0.15) is 0 Å². The molecule has 5 heteroatoms. The van der Waals surface area contributed by atoms with Crippen LogP contribution >= 0.6 is 0 Å². The fraction of sp³-hybridized carbons (Fsp3) is 0.778. The molecule has 0 aromatic carbocycles. The number of aryl methyl sites for hydroxylation is 2. The second kappa shape index (κ2) is 12.0. The first kappa shape index (κ1) is 19.5. The molecule has 132 valence electrons. The number of nitrogens with zero attached hydrogens (tertiary/aromatic N) is 2. The largest absolute Gasteiger partial charge is 0.361 e. The van der Waals surface area contributed by atoms with Crippen molar-refractivity contribution in [1.29, 1.82) is 0 Å². The number of hydrogen-bond acceptors (Lipinski definition) is 3. The molecule has 0 aliphatic heterocycles. The van der Waals surface area contributed by atoms with Gasteiger partial charge >= 0.3 is 0 Å². The lowest BCUT2D eigenvalue weighted by Gasteiger charge is -2.11. The predicted octanol–water partition coefficient (Wildman–Crippen LogP) is 3.75. The van der Waals surface area contributed by atoms with Gasteiger partial charge in [0, 0.05) is 25.7 Å². The monoisotopic (exact) mass is 322 g/mol. The Morgan fingerprint density at radius 3 is 2.26 bits per heavy atom. The average molecular weight is 322 g/mol. The lowest BCUT2D eigenvalue weighted by atomic mass is 10.1. The van der Waals surface area contributed by atoms with Crippen LogP contribution in [0.1, 0.15) is 68.9 Å². The number of aromatic nitrogens is 1. The molecule has 0 aliphatic rings. The molecule has 0 aliphatic carbocycles. The summed E-state index contributed by atoms with van der Waals surface area (Å²) in [6, 6.07) is 0. The smallest absolute Gasteiger partial charge is 0.190 e. The maximum atomic E-state index is 5.18. The fourth-order valence-electron chi connectivity index (χ4n) is 2.67. The SMILES string of the molecule is CCCCCCCCCNC(=NC)NCCc1c(C)noc1C. The summed E-state index contributed by atoms with van der Waals surface area (Å²) in [4.78, 5) is 4.27. The maximum absolute atomic E-state index is 5.18. The van der Waals surface area contributed by atoms with E-state index in [4.69, 9.17) is 4.52 Å². The number of nitrogens with one attached hydrogen (secondary N) is 2. The molecule has 1 heterocycles. The van der Waals surface area contributed by atoms with Gasteiger partial charge in [0.2, 0.25) is 0 Å². The van der Waals surface area contributed by atoms with Gasteiger partial charge in [0.15, 0.2) is 5.96 Å². The summed E-state index contributed by atoms with van der Waals surface area (Å²) >= 11 is 0. The highest BCUT2D eigenvalue weighted by Crippen LogP contribution is 2.12. The van der Waals surface area contributed by atoms with Crippen LogP contribution in [0, 0.1) is 13.8 Å². The standard InChI is InChI=1S/C18H34N4O/c1-5-6-7-8-9-10-11-13-20-18(19-4)21-14-12-17-15(2)22-23-16(17)3/h5-14H2,1-4H3,(H2,19,20,21). The highest BCUT2D eigenvalue weighted by molar-refractivity contribution is 5.79. The van der Waals surface area contributed by atoms with Gasteiger partial charge in [-0.05, 0) is 26.7 Å². The van der Waals surface area contributed by atoms with E-state index in [0.717, 1.165) is 36.9 Å². The van der Waals surface area contributed by atoms with Gasteiger partial charge in [-0.25, -0.2) is 0 Å². The first-order valence-electron chi connectivity index (χ1n) is 9.05. The lowest BCUT2D eigenvalue weighted by Crippen LogP contribution is -2.38. The second-order valence-electron chi connectivity index (χ2n) is 6.10. The molecule has 0 unspecified atom stereocenters. The highest BCUT2D eigenvalue weighted by Gasteiger charge is 2.08. The van der Waals surface area contributed by atoms with Crippen LogP contribution in [-0.4, -0.2) is 31.3 Å². The Morgan fingerprint density at radius 1 is 1.00 bits per heavy atom. The summed E-state index contributed by atoms with van der Waals surface area (Å²) in [5.41, 5.74) is 2.18. The Bertz CT molecular complexity index is 434. The van der Waals surface area contributed by atoms with Crippen LogP contribution in [0.15, 0.2) is 9.52 Å². The van der Waals surface area contributed by atoms with Crippen molar-refractivity contribution in [3.63, 3.8) is 0 Å². The molecule has 1 aromatic heterocycles. The molecular weight excluding hydrogens is 288 g/mol. The summed E-state index contributed by atoms with van der Waals surface area (Å²) in [5.74, 6) is 1.79. The van der Waals surface area contributed by atoms with Crippen molar-refractivity contribution in [2.45, 2.75) is 72.1 Å². The normalized spacial score (nSPS) is 11.7. The molecule has 2 N–H and O–H groups in total. The first-order valence-corrected chi connectivity index (χ1v) is 9.05. The number of unbranched alkanes of at least 4 members (excludes halogenated alkanes) is 6. The number of guanidine groups is 1. The molecule has 0 spiro atoms. The van der Waals surface area contributed by atoms with Gasteiger partial charge in [-0.1, -0.05) is 50.6 Å². The van der Waals surface area contributed by atoms with Gasteiger partial charge in [-0.15, -0.1) is 0 Å². The maximum Gasteiger partial charge on any atom is 0.190 e. The van der Waals surface area contributed by atoms with Crippen LogP contribution in [0.5, 0.6) is 0 Å². The number of rotatable bonds is 11. The van der Waals surface area contributed by atoms with Crippen LogP contribution in [0.4, 0.5) is 0 Å². The van der Waals surface area contributed by atoms with E-state index in [1.165, 1.54) is 50.5 Å². The molecule has 0 atom stereocenters.